The first kappa shape index (κ1) is 12.4. The molecule has 0 aliphatic heterocycles. The largest absolute Gasteiger partial charge is 0.478 e. The molecule has 2 rings (SSSR count). The van der Waals surface area contributed by atoms with E-state index >= 15 is 0 Å². The van der Waals surface area contributed by atoms with Gasteiger partial charge in [-0.15, -0.1) is 0 Å². The van der Waals surface area contributed by atoms with E-state index in [1.165, 1.54) is 12.3 Å². The summed E-state index contributed by atoms with van der Waals surface area (Å²) in [6.45, 7) is 1.99. The van der Waals surface area contributed by atoms with Gasteiger partial charge in [0.1, 0.15) is 5.82 Å². The van der Waals surface area contributed by atoms with Crippen LogP contribution in [0.5, 0.6) is 0 Å². The molecule has 0 amide bonds. The number of thiophene rings is 1. The molecule has 1 atom stereocenters. The number of anilines is 2. The Morgan fingerprint density at radius 3 is 3.00 bits per heavy atom. The third-order valence-corrected chi connectivity index (χ3v) is 3.27. The van der Waals surface area contributed by atoms with E-state index in [1.54, 1.807) is 11.3 Å². The summed E-state index contributed by atoms with van der Waals surface area (Å²) >= 11 is 1.61. The molecule has 0 saturated heterocycles. The fourth-order valence-electron chi connectivity index (χ4n) is 1.56. The van der Waals surface area contributed by atoms with Gasteiger partial charge >= 0.3 is 5.97 Å². The quantitative estimate of drug-likeness (QED) is 0.789. The van der Waals surface area contributed by atoms with Crippen molar-refractivity contribution in [1.29, 1.82) is 0 Å². The van der Waals surface area contributed by atoms with Gasteiger partial charge in [-0.2, -0.15) is 11.3 Å². The zero-order valence-electron chi connectivity index (χ0n) is 9.75. The molecule has 0 radical (unpaired) electrons. The molecule has 5 nitrogen and oxygen atoms in total. The van der Waals surface area contributed by atoms with Crippen molar-refractivity contribution in [3.63, 3.8) is 0 Å². The van der Waals surface area contributed by atoms with Gasteiger partial charge in [0.05, 0.1) is 23.5 Å². The summed E-state index contributed by atoms with van der Waals surface area (Å²) < 4.78 is 0. The number of carbonyl (C=O) groups is 1. The summed E-state index contributed by atoms with van der Waals surface area (Å²) in [4.78, 5) is 15.0. The Hall–Kier alpha value is -2.08. The standard InChI is InChI=1S/C12H13N3O2S/c1-7(8-2-3-18-6-8)15-11-4-9(12(16)17)10(13)5-14-11/h2-7H,13H2,1H3,(H,14,15)(H,16,17). The highest BCUT2D eigenvalue weighted by molar-refractivity contribution is 7.07. The van der Waals surface area contributed by atoms with Gasteiger partial charge in [-0.25, -0.2) is 9.78 Å². The predicted octanol–water partition coefficient (Wildman–Crippen LogP) is 2.60. The molecular weight excluding hydrogens is 250 g/mol. The fourth-order valence-corrected chi connectivity index (χ4v) is 2.31. The van der Waals surface area contributed by atoms with E-state index in [-0.39, 0.29) is 17.3 Å². The monoisotopic (exact) mass is 263 g/mol. The van der Waals surface area contributed by atoms with E-state index in [1.807, 2.05) is 23.8 Å². The lowest BCUT2D eigenvalue weighted by Gasteiger charge is -2.14. The van der Waals surface area contributed by atoms with Gasteiger partial charge in [-0.1, -0.05) is 0 Å². The van der Waals surface area contributed by atoms with Crippen molar-refractivity contribution in [1.82, 2.24) is 4.98 Å². The van der Waals surface area contributed by atoms with E-state index in [0.717, 1.165) is 5.56 Å². The SMILES string of the molecule is CC(Nc1cc(C(=O)O)c(N)cn1)c1ccsc1. The summed E-state index contributed by atoms with van der Waals surface area (Å²) in [5.41, 5.74) is 6.90. The van der Waals surface area contributed by atoms with Crippen molar-refractivity contribution in [2.24, 2.45) is 0 Å². The molecular formula is C12H13N3O2S. The number of nitrogens with one attached hydrogen (secondary N) is 1. The number of aromatic nitrogens is 1. The molecule has 2 aromatic rings. The minimum absolute atomic E-state index is 0.0602. The number of carboxylic acids is 1. The number of nitrogens with zero attached hydrogens (tertiary/aromatic N) is 1. The maximum Gasteiger partial charge on any atom is 0.337 e. The van der Waals surface area contributed by atoms with Crippen molar-refractivity contribution in [2.45, 2.75) is 13.0 Å². The van der Waals surface area contributed by atoms with E-state index in [0.29, 0.717) is 5.82 Å². The van der Waals surface area contributed by atoms with Crippen LogP contribution in [0.25, 0.3) is 0 Å². The molecule has 0 bridgehead atoms. The summed E-state index contributed by atoms with van der Waals surface area (Å²) in [6.07, 6.45) is 1.35. The van der Waals surface area contributed by atoms with Gasteiger partial charge in [0.15, 0.2) is 0 Å². The van der Waals surface area contributed by atoms with Gasteiger partial charge in [-0.3, -0.25) is 0 Å². The number of carboxylic acid groups (broad SMARTS) is 1. The number of hydrogen-bond acceptors (Lipinski definition) is 5. The van der Waals surface area contributed by atoms with Crippen molar-refractivity contribution in [3.05, 3.63) is 40.2 Å². The summed E-state index contributed by atoms with van der Waals surface area (Å²) in [5.74, 6) is -0.554. The molecule has 0 fully saturated rings. The Labute approximate surface area is 108 Å². The number of rotatable bonds is 4. The number of nitrogens with two attached hydrogens (primary N) is 1. The predicted molar refractivity (Wildman–Crippen MR) is 72.0 cm³/mol. The Morgan fingerprint density at radius 2 is 2.39 bits per heavy atom. The molecule has 6 heteroatoms. The van der Waals surface area contributed by atoms with E-state index in [4.69, 9.17) is 10.8 Å². The first-order chi connectivity index (χ1) is 8.58. The van der Waals surface area contributed by atoms with Crippen LogP contribution in [-0.4, -0.2) is 16.1 Å². The van der Waals surface area contributed by atoms with Gasteiger partial charge in [-0.05, 0) is 35.4 Å². The van der Waals surface area contributed by atoms with Crippen LogP contribution in [0.2, 0.25) is 0 Å². The molecule has 0 spiro atoms. The van der Waals surface area contributed by atoms with Crippen LogP contribution < -0.4 is 11.1 Å². The van der Waals surface area contributed by atoms with Crippen LogP contribution in [0.4, 0.5) is 11.5 Å². The maximum atomic E-state index is 11.0. The second-order valence-electron chi connectivity index (χ2n) is 3.88. The van der Waals surface area contributed by atoms with Gasteiger partial charge in [0.2, 0.25) is 0 Å². The first-order valence-electron chi connectivity index (χ1n) is 5.35. The van der Waals surface area contributed by atoms with E-state index in [9.17, 15) is 4.79 Å². The molecule has 0 aromatic carbocycles. The van der Waals surface area contributed by atoms with Crippen LogP contribution in [-0.2, 0) is 0 Å². The van der Waals surface area contributed by atoms with Crippen LogP contribution in [0.1, 0.15) is 28.9 Å². The van der Waals surface area contributed by atoms with Crippen LogP contribution >= 0.6 is 11.3 Å². The zero-order chi connectivity index (χ0) is 13.1. The molecule has 0 aliphatic carbocycles. The second-order valence-corrected chi connectivity index (χ2v) is 4.66. The van der Waals surface area contributed by atoms with Gasteiger partial charge in [0, 0.05) is 0 Å². The Morgan fingerprint density at radius 1 is 1.61 bits per heavy atom. The van der Waals surface area contributed by atoms with Crippen molar-refractivity contribution >= 4 is 28.8 Å². The topological polar surface area (TPSA) is 88.2 Å². The summed E-state index contributed by atoms with van der Waals surface area (Å²) in [7, 11) is 0. The zero-order valence-corrected chi connectivity index (χ0v) is 10.6. The second kappa shape index (κ2) is 5.05. The molecule has 2 heterocycles. The third-order valence-electron chi connectivity index (χ3n) is 2.57. The van der Waals surface area contributed by atoms with Gasteiger partial charge < -0.3 is 16.2 Å². The molecule has 18 heavy (non-hydrogen) atoms. The van der Waals surface area contributed by atoms with Crippen molar-refractivity contribution in [3.8, 4) is 0 Å². The highest BCUT2D eigenvalue weighted by Crippen LogP contribution is 2.22. The average molecular weight is 263 g/mol. The number of nitrogen functional groups attached to an aromatic ring is 1. The van der Waals surface area contributed by atoms with Crippen LogP contribution in [0.3, 0.4) is 0 Å². The Kier molecular flexibility index (Phi) is 3.47. The van der Waals surface area contributed by atoms with Crippen LogP contribution in [0.15, 0.2) is 29.1 Å². The maximum absolute atomic E-state index is 11.0. The normalized spacial score (nSPS) is 12.1. The Bertz CT molecular complexity index is 554. The molecule has 1 unspecified atom stereocenters. The molecule has 94 valence electrons. The molecule has 4 N–H and O–H groups in total. The number of aromatic carboxylic acids is 1. The lowest BCUT2D eigenvalue weighted by Crippen LogP contribution is -2.10. The van der Waals surface area contributed by atoms with E-state index < -0.39 is 5.97 Å². The highest BCUT2D eigenvalue weighted by Gasteiger charge is 2.11. The summed E-state index contributed by atoms with van der Waals surface area (Å²) in [5, 5.41) is 16.1. The smallest absolute Gasteiger partial charge is 0.337 e. The van der Waals surface area contributed by atoms with Crippen molar-refractivity contribution in [2.75, 3.05) is 11.1 Å². The Balaban J connectivity index is 2.20. The lowest BCUT2D eigenvalue weighted by atomic mass is 10.1. The van der Waals surface area contributed by atoms with Gasteiger partial charge in [0.25, 0.3) is 0 Å². The fraction of sp³-hybridized carbons (Fsp3) is 0.167. The van der Waals surface area contributed by atoms with Crippen molar-refractivity contribution < 1.29 is 9.90 Å². The third kappa shape index (κ3) is 2.60. The number of hydrogen-bond donors (Lipinski definition) is 3. The van der Waals surface area contributed by atoms with E-state index in [2.05, 4.69) is 10.3 Å². The number of pyridine rings is 1. The van der Waals surface area contributed by atoms with Crippen LogP contribution in [0, 0.1) is 0 Å². The average Bonchev–Trinajstić information content (AvgIpc) is 2.85. The minimum atomic E-state index is -1.05. The molecule has 0 saturated carbocycles. The summed E-state index contributed by atoms with van der Waals surface area (Å²) in [6, 6.07) is 3.52. The highest BCUT2D eigenvalue weighted by atomic mass is 32.1. The molecule has 0 aliphatic rings. The lowest BCUT2D eigenvalue weighted by molar-refractivity contribution is 0.0698. The molecule has 2 aromatic heterocycles. The minimum Gasteiger partial charge on any atom is -0.478 e. The first-order valence-corrected chi connectivity index (χ1v) is 6.29.